The molecule has 1 saturated heterocycles. The van der Waals surface area contributed by atoms with E-state index in [2.05, 4.69) is 15.8 Å². The molecule has 3 aromatic rings. The van der Waals surface area contributed by atoms with E-state index < -0.39 is 17.2 Å². The van der Waals surface area contributed by atoms with Crippen molar-refractivity contribution in [1.82, 2.24) is 14.9 Å². The Bertz CT molecular complexity index is 1370. The van der Waals surface area contributed by atoms with Gasteiger partial charge in [0.2, 0.25) is 5.43 Å². The summed E-state index contributed by atoms with van der Waals surface area (Å²) >= 11 is 12.0. The number of aromatic nitrogens is 1. The van der Waals surface area contributed by atoms with Crippen LogP contribution in [0.1, 0.15) is 23.3 Å². The van der Waals surface area contributed by atoms with Gasteiger partial charge >= 0.3 is 0 Å². The van der Waals surface area contributed by atoms with Gasteiger partial charge in [0.25, 0.3) is 5.91 Å². The van der Waals surface area contributed by atoms with Crippen molar-refractivity contribution in [3.63, 3.8) is 0 Å². The normalized spacial score (nSPS) is 17.9. The van der Waals surface area contributed by atoms with Crippen LogP contribution < -0.4 is 25.9 Å². The number of amides is 1. The van der Waals surface area contributed by atoms with Gasteiger partial charge in [-0.25, -0.2) is 4.39 Å². The van der Waals surface area contributed by atoms with Gasteiger partial charge in [-0.1, -0.05) is 23.2 Å². The number of carbonyl (C=O) groups excluding carboxylic acids is 1. The molecule has 0 saturated carbocycles. The molecule has 1 amide bonds. The Morgan fingerprint density at radius 2 is 1.80 bits per heavy atom. The predicted molar refractivity (Wildman–Crippen MR) is 136 cm³/mol. The van der Waals surface area contributed by atoms with E-state index in [0.717, 1.165) is 13.1 Å². The summed E-state index contributed by atoms with van der Waals surface area (Å²) in [6.07, 6.45) is 1.51. The smallest absolute Gasteiger partial charge is 0.275 e. The van der Waals surface area contributed by atoms with Gasteiger partial charge in [0, 0.05) is 42.4 Å². The molecule has 2 aliphatic heterocycles. The quantitative estimate of drug-likeness (QED) is 0.508. The number of halogens is 3. The highest BCUT2D eigenvalue weighted by atomic mass is 35.5. The summed E-state index contributed by atoms with van der Waals surface area (Å²) in [4.78, 5) is 30.4. The number of piperazine rings is 1. The Labute approximate surface area is 211 Å². The first-order chi connectivity index (χ1) is 16.7. The lowest BCUT2D eigenvalue weighted by Gasteiger charge is -2.37. The number of anilines is 2. The molecule has 3 heterocycles. The number of hydrogen-bond acceptors (Lipinski definition) is 6. The van der Waals surface area contributed by atoms with Crippen molar-refractivity contribution in [1.29, 1.82) is 0 Å². The molecular weight excluding hydrogens is 496 g/mol. The van der Waals surface area contributed by atoms with Gasteiger partial charge in [0.05, 0.1) is 22.6 Å². The Kier molecular flexibility index (Phi) is 6.25. The third-order valence-corrected chi connectivity index (χ3v) is 6.83. The number of ether oxygens (including phenoxy) is 1. The molecule has 11 heteroatoms. The van der Waals surface area contributed by atoms with Crippen LogP contribution in [-0.2, 0) is 0 Å². The molecule has 35 heavy (non-hydrogen) atoms. The minimum atomic E-state index is -0.666. The van der Waals surface area contributed by atoms with Crippen molar-refractivity contribution in [2.24, 2.45) is 0 Å². The standard InChI is InChI=1S/C24H24Cl2FN5O3/c1-13-12-35-23-20-17(10-19(27)21(23)31-5-3-30(2)4-6-31)22(33)18(11-32(13)20)24(34)29-28-16-8-14(25)7-15(26)9-16/h7-11,13,28H,3-6,12H2,1-2H3,(H,29,34)/t13-/m0/s1. The maximum absolute atomic E-state index is 15.4. The van der Waals surface area contributed by atoms with Crippen LogP contribution in [0, 0.1) is 5.82 Å². The number of pyridine rings is 1. The largest absolute Gasteiger partial charge is 0.487 e. The summed E-state index contributed by atoms with van der Waals surface area (Å²) in [5.74, 6) is -0.863. The number of carbonyl (C=O) groups is 1. The number of nitrogens with one attached hydrogen (secondary N) is 2. The van der Waals surface area contributed by atoms with Gasteiger partial charge in [-0.2, -0.15) is 0 Å². The molecular formula is C24H24Cl2FN5O3. The molecule has 2 N–H and O–H groups in total. The van der Waals surface area contributed by atoms with Crippen LogP contribution in [-0.4, -0.2) is 55.2 Å². The van der Waals surface area contributed by atoms with E-state index in [-0.39, 0.29) is 23.6 Å². The molecule has 184 valence electrons. The molecule has 1 fully saturated rings. The van der Waals surface area contributed by atoms with Crippen LogP contribution in [0.5, 0.6) is 5.75 Å². The summed E-state index contributed by atoms with van der Waals surface area (Å²) in [6, 6.07) is 5.76. The highest BCUT2D eigenvalue weighted by Gasteiger charge is 2.31. The fourth-order valence-electron chi connectivity index (χ4n) is 4.52. The Hall–Kier alpha value is -3.01. The third kappa shape index (κ3) is 4.39. The first-order valence-corrected chi connectivity index (χ1v) is 12.0. The molecule has 1 aromatic heterocycles. The number of nitrogens with zero attached hydrogens (tertiary/aromatic N) is 3. The molecule has 2 aliphatic rings. The summed E-state index contributed by atoms with van der Waals surface area (Å²) < 4.78 is 23.2. The Morgan fingerprint density at radius 1 is 1.11 bits per heavy atom. The van der Waals surface area contributed by atoms with Crippen LogP contribution >= 0.6 is 23.2 Å². The predicted octanol–water partition coefficient (Wildman–Crippen LogP) is 3.91. The summed E-state index contributed by atoms with van der Waals surface area (Å²) in [5, 5.41) is 0.871. The Balaban J connectivity index is 1.55. The summed E-state index contributed by atoms with van der Waals surface area (Å²) in [6.45, 7) is 5.09. The van der Waals surface area contributed by atoms with E-state index in [1.165, 1.54) is 12.3 Å². The number of hydrogen-bond donors (Lipinski definition) is 2. The van der Waals surface area contributed by atoms with Crippen LogP contribution in [0.25, 0.3) is 10.9 Å². The molecule has 8 nitrogen and oxygen atoms in total. The van der Waals surface area contributed by atoms with Crippen molar-refractivity contribution in [3.05, 3.63) is 62.1 Å². The zero-order chi connectivity index (χ0) is 24.9. The van der Waals surface area contributed by atoms with Crippen LogP contribution in [0.3, 0.4) is 0 Å². The third-order valence-electron chi connectivity index (χ3n) is 6.39. The molecule has 2 aromatic carbocycles. The van der Waals surface area contributed by atoms with Crippen molar-refractivity contribution in [3.8, 4) is 5.75 Å². The fraction of sp³-hybridized carbons (Fsp3) is 0.333. The van der Waals surface area contributed by atoms with Gasteiger partial charge in [-0.15, -0.1) is 0 Å². The zero-order valence-electron chi connectivity index (χ0n) is 19.2. The lowest BCUT2D eigenvalue weighted by Crippen LogP contribution is -2.45. The maximum Gasteiger partial charge on any atom is 0.275 e. The van der Waals surface area contributed by atoms with Crippen LogP contribution in [0.2, 0.25) is 10.0 Å². The second-order valence-electron chi connectivity index (χ2n) is 8.90. The number of likely N-dealkylation sites (N-methyl/N-ethyl adjacent to an activating group) is 1. The average molecular weight is 520 g/mol. The molecule has 0 radical (unpaired) electrons. The molecule has 0 aliphatic carbocycles. The average Bonchev–Trinajstić information content (AvgIpc) is 2.81. The summed E-state index contributed by atoms with van der Waals surface area (Å²) in [5.41, 5.74) is 5.82. The molecule has 5 rings (SSSR count). The van der Waals surface area contributed by atoms with Crippen molar-refractivity contribution >= 4 is 51.4 Å². The van der Waals surface area contributed by atoms with Crippen molar-refractivity contribution in [2.45, 2.75) is 13.0 Å². The number of benzene rings is 2. The van der Waals surface area contributed by atoms with E-state index in [1.807, 2.05) is 23.4 Å². The molecule has 0 unspecified atom stereocenters. The van der Waals surface area contributed by atoms with E-state index in [0.29, 0.717) is 45.8 Å². The second-order valence-corrected chi connectivity index (χ2v) is 9.77. The monoisotopic (exact) mass is 519 g/mol. The summed E-state index contributed by atoms with van der Waals surface area (Å²) in [7, 11) is 2.02. The van der Waals surface area contributed by atoms with Crippen LogP contribution in [0.4, 0.5) is 15.8 Å². The van der Waals surface area contributed by atoms with Crippen molar-refractivity contribution in [2.75, 3.05) is 50.2 Å². The topological polar surface area (TPSA) is 78.8 Å². The first-order valence-electron chi connectivity index (χ1n) is 11.2. The zero-order valence-corrected chi connectivity index (χ0v) is 20.7. The number of rotatable bonds is 4. The van der Waals surface area contributed by atoms with Gasteiger partial charge in [0.15, 0.2) is 11.6 Å². The van der Waals surface area contributed by atoms with E-state index in [1.54, 1.807) is 18.2 Å². The highest BCUT2D eigenvalue weighted by Crippen LogP contribution is 2.42. The second kappa shape index (κ2) is 9.22. The van der Waals surface area contributed by atoms with Gasteiger partial charge in [-0.05, 0) is 38.2 Å². The fourth-order valence-corrected chi connectivity index (χ4v) is 5.05. The number of hydrazine groups is 1. The lowest BCUT2D eigenvalue weighted by atomic mass is 10.0. The SMILES string of the molecule is C[C@H]1COc2c(N3CCN(C)CC3)c(F)cc3c(=O)c(C(=O)NNc4cc(Cl)cc(Cl)c4)cn1c23. The molecule has 0 bridgehead atoms. The van der Waals surface area contributed by atoms with Gasteiger partial charge in [-0.3, -0.25) is 20.4 Å². The van der Waals surface area contributed by atoms with Crippen molar-refractivity contribution < 1.29 is 13.9 Å². The Morgan fingerprint density at radius 3 is 2.49 bits per heavy atom. The molecule has 0 spiro atoms. The molecule has 1 atom stereocenters. The first kappa shape index (κ1) is 23.7. The minimum Gasteiger partial charge on any atom is -0.487 e. The lowest BCUT2D eigenvalue weighted by molar-refractivity contribution is 0.0960. The highest BCUT2D eigenvalue weighted by molar-refractivity contribution is 6.35. The van der Waals surface area contributed by atoms with Gasteiger partial charge < -0.3 is 19.1 Å². The minimum absolute atomic E-state index is 0.0976. The maximum atomic E-state index is 15.4. The van der Waals surface area contributed by atoms with Crippen LogP contribution in [0.15, 0.2) is 35.3 Å². The van der Waals surface area contributed by atoms with E-state index in [9.17, 15) is 9.59 Å². The van der Waals surface area contributed by atoms with E-state index in [4.69, 9.17) is 27.9 Å². The van der Waals surface area contributed by atoms with E-state index >= 15 is 4.39 Å². The van der Waals surface area contributed by atoms with Gasteiger partial charge in [0.1, 0.15) is 17.9 Å².